The third-order valence-corrected chi connectivity index (χ3v) is 5.47. The molecule has 2 heterocycles. The average molecular weight is 441 g/mol. The molecule has 2 aromatic carbocycles. The van der Waals surface area contributed by atoms with E-state index in [1.54, 1.807) is 35.8 Å². The fourth-order valence-electron chi connectivity index (χ4n) is 2.92. The van der Waals surface area contributed by atoms with Gasteiger partial charge in [-0.2, -0.15) is 0 Å². The molecule has 0 atom stereocenters. The first-order valence-corrected chi connectivity index (χ1v) is 10.2. The SMILES string of the molecule is Cn1cc(C(=O)NNC(=O)c2csc(COc3ccc(Cl)cc3)n2)c2ccccc21. The van der Waals surface area contributed by atoms with Crippen LogP contribution in [0.3, 0.4) is 0 Å². The molecule has 0 aliphatic rings. The van der Waals surface area contributed by atoms with Crippen molar-refractivity contribution in [3.05, 3.63) is 81.4 Å². The Bertz CT molecular complexity index is 1220. The molecule has 2 N–H and O–H groups in total. The molecule has 7 nitrogen and oxygen atoms in total. The van der Waals surface area contributed by atoms with Crippen LogP contribution in [-0.4, -0.2) is 21.4 Å². The van der Waals surface area contributed by atoms with E-state index in [1.165, 1.54) is 11.3 Å². The van der Waals surface area contributed by atoms with Crippen LogP contribution in [-0.2, 0) is 13.7 Å². The maximum absolute atomic E-state index is 12.5. The summed E-state index contributed by atoms with van der Waals surface area (Å²) in [6.45, 7) is 0.224. The molecule has 0 unspecified atom stereocenters. The Morgan fingerprint density at radius 3 is 2.63 bits per heavy atom. The van der Waals surface area contributed by atoms with Gasteiger partial charge in [0, 0.05) is 34.6 Å². The van der Waals surface area contributed by atoms with Gasteiger partial charge in [0.1, 0.15) is 23.1 Å². The minimum Gasteiger partial charge on any atom is -0.486 e. The highest BCUT2D eigenvalue weighted by molar-refractivity contribution is 7.09. The molecular formula is C21H17ClN4O3S. The molecule has 0 saturated carbocycles. The van der Waals surface area contributed by atoms with E-state index in [0.717, 1.165) is 10.9 Å². The summed E-state index contributed by atoms with van der Waals surface area (Å²) in [6, 6.07) is 14.5. The van der Waals surface area contributed by atoms with Crippen LogP contribution in [0.5, 0.6) is 5.75 Å². The van der Waals surface area contributed by atoms with Gasteiger partial charge in [-0.1, -0.05) is 29.8 Å². The lowest BCUT2D eigenvalue weighted by atomic mass is 10.2. The minimum absolute atomic E-state index is 0.202. The number of aromatic nitrogens is 2. The summed E-state index contributed by atoms with van der Waals surface area (Å²) >= 11 is 7.14. The van der Waals surface area contributed by atoms with E-state index in [-0.39, 0.29) is 12.3 Å². The van der Waals surface area contributed by atoms with Gasteiger partial charge in [0.2, 0.25) is 0 Å². The number of para-hydroxylation sites is 1. The zero-order valence-electron chi connectivity index (χ0n) is 15.9. The number of aryl methyl sites for hydroxylation is 1. The van der Waals surface area contributed by atoms with Gasteiger partial charge in [0.05, 0.1) is 5.56 Å². The summed E-state index contributed by atoms with van der Waals surface area (Å²) in [5.41, 5.74) is 6.46. The van der Waals surface area contributed by atoms with Gasteiger partial charge < -0.3 is 9.30 Å². The molecule has 4 rings (SSSR count). The monoisotopic (exact) mass is 440 g/mol. The highest BCUT2D eigenvalue weighted by Crippen LogP contribution is 2.20. The predicted octanol–water partition coefficient (Wildman–Crippen LogP) is 3.94. The molecule has 0 saturated heterocycles. The molecule has 152 valence electrons. The molecule has 0 aliphatic carbocycles. The number of nitrogens with zero attached hydrogens (tertiary/aromatic N) is 2. The Labute approximate surface area is 181 Å². The highest BCUT2D eigenvalue weighted by Gasteiger charge is 2.16. The smallest absolute Gasteiger partial charge is 0.289 e. The van der Waals surface area contributed by atoms with Crippen LogP contribution in [0.1, 0.15) is 25.9 Å². The first kappa shape index (κ1) is 19.9. The van der Waals surface area contributed by atoms with Crippen LogP contribution < -0.4 is 15.6 Å². The quantitative estimate of drug-likeness (QED) is 0.460. The number of thiazole rings is 1. The van der Waals surface area contributed by atoms with Crippen molar-refractivity contribution < 1.29 is 14.3 Å². The van der Waals surface area contributed by atoms with Crippen molar-refractivity contribution >= 4 is 45.7 Å². The number of hydrogen-bond acceptors (Lipinski definition) is 5. The molecule has 0 bridgehead atoms. The number of fused-ring (bicyclic) bond motifs is 1. The van der Waals surface area contributed by atoms with Crippen molar-refractivity contribution in [2.45, 2.75) is 6.61 Å². The van der Waals surface area contributed by atoms with E-state index >= 15 is 0 Å². The first-order valence-electron chi connectivity index (χ1n) is 8.99. The predicted molar refractivity (Wildman–Crippen MR) is 116 cm³/mol. The van der Waals surface area contributed by atoms with E-state index in [9.17, 15) is 9.59 Å². The van der Waals surface area contributed by atoms with E-state index in [1.807, 2.05) is 35.9 Å². The Balaban J connectivity index is 1.35. The van der Waals surface area contributed by atoms with Crippen LogP contribution in [0.4, 0.5) is 0 Å². The number of hydrogen-bond donors (Lipinski definition) is 2. The Morgan fingerprint density at radius 1 is 1.10 bits per heavy atom. The molecule has 2 aromatic heterocycles. The maximum atomic E-state index is 12.5. The normalized spacial score (nSPS) is 10.7. The van der Waals surface area contributed by atoms with Crippen LogP contribution in [0.15, 0.2) is 60.1 Å². The largest absolute Gasteiger partial charge is 0.486 e. The lowest BCUT2D eigenvalue weighted by molar-refractivity contribution is 0.0845. The molecule has 4 aromatic rings. The maximum Gasteiger partial charge on any atom is 0.289 e. The number of benzene rings is 2. The standard InChI is InChI=1S/C21H17ClN4O3S/c1-26-10-16(15-4-2-3-5-18(15)26)20(27)24-25-21(28)17-12-30-19(23-17)11-29-14-8-6-13(22)7-9-14/h2-10,12H,11H2,1H3,(H,24,27)(H,25,28). The van der Waals surface area contributed by atoms with E-state index in [4.69, 9.17) is 16.3 Å². The van der Waals surface area contributed by atoms with Gasteiger partial charge in [0.25, 0.3) is 11.8 Å². The fraction of sp³-hybridized carbons (Fsp3) is 0.0952. The molecule has 0 aliphatic heterocycles. The van der Waals surface area contributed by atoms with E-state index < -0.39 is 11.8 Å². The minimum atomic E-state index is -0.502. The second-order valence-electron chi connectivity index (χ2n) is 6.45. The van der Waals surface area contributed by atoms with Gasteiger partial charge in [0.15, 0.2) is 0 Å². The van der Waals surface area contributed by atoms with Crippen molar-refractivity contribution in [1.82, 2.24) is 20.4 Å². The number of hydrazine groups is 1. The fourth-order valence-corrected chi connectivity index (χ4v) is 3.74. The van der Waals surface area contributed by atoms with E-state index in [0.29, 0.717) is 21.3 Å². The lowest BCUT2D eigenvalue weighted by Crippen LogP contribution is -2.41. The summed E-state index contributed by atoms with van der Waals surface area (Å²) in [5.74, 6) is -0.248. The Hall–Kier alpha value is -3.36. The third kappa shape index (κ3) is 4.29. The first-order chi connectivity index (χ1) is 14.5. The Kier molecular flexibility index (Phi) is 5.69. The van der Waals surface area contributed by atoms with E-state index in [2.05, 4.69) is 15.8 Å². The van der Waals surface area contributed by atoms with Gasteiger partial charge in [-0.3, -0.25) is 20.4 Å². The van der Waals surface area contributed by atoms with Crippen molar-refractivity contribution in [2.75, 3.05) is 0 Å². The Morgan fingerprint density at radius 2 is 1.83 bits per heavy atom. The summed E-state index contributed by atoms with van der Waals surface area (Å²) in [6.07, 6.45) is 1.72. The van der Waals surface area contributed by atoms with Gasteiger partial charge in [-0.05, 0) is 30.3 Å². The summed E-state index contributed by atoms with van der Waals surface area (Å²) in [4.78, 5) is 29.1. The topological polar surface area (TPSA) is 85.2 Å². The van der Waals surface area contributed by atoms with Crippen LogP contribution >= 0.6 is 22.9 Å². The van der Waals surface area contributed by atoms with Gasteiger partial charge in [-0.15, -0.1) is 11.3 Å². The van der Waals surface area contributed by atoms with Crippen molar-refractivity contribution in [2.24, 2.45) is 7.05 Å². The van der Waals surface area contributed by atoms with Gasteiger partial charge in [-0.25, -0.2) is 4.98 Å². The zero-order valence-corrected chi connectivity index (χ0v) is 17.5. The number of amides is 2. The molecule has 0 radical (unpaired) electrons. The zero-order chi connectivity index (χ0) is 21.1. The molecule has 0 fully saturated rings. The number of carbonyl (C=O) groups excluding carboxylic acids is 2. The van der Waals surface area contributed by atoms with Crippen molar-refractivity contribution in [3.8, 4) is 5.75 Å². The van der Waals surface area contributed by atoms with Crippen LogP contribution in [0.25, 0.3) is 10.9 Å². The summed E-state index contributed by atoms with van der Waals surface area (Å²) in [5, 5.41) is 3.68. The van der Waals surface area contributed by atoms with Crippen LogP contribution in [0, 0.1) is 0 Å². The second kappa shape index (κ2) is 8.56. The third-order valence-electron chi connectivity index (χ3n) is 4.39. The number of ether oxygens (including phenoxy) is 1. The number of rotatable bonds is 5. The molecule has 0 spiro atoms. The molecular weight excluding hydrogens is 424 g/mol. The highest BCUT2D eigenvalue weighted by atomic mass is 35.5. The summed E-state index contributed by atoms with van der Waals surface area (Å²) in [7, 11) is 1.86. The number of nitrogens with one attached hydrogen (secondary N) is 2. The number of carbonyl (C=O) groups is 2. The van der Waals surface area contributed by atoms with Crippen LogP contribution in [0.2, 0.25) is 5.02 Å². The van der Waals surface area contributed by atoms with Gasteiger partial charge >= 0.3 is 0 Å². The molecule has 9 heteroatoms. The number of halogens is 1. The molecule has 30 heavy (non-hydrogen) atoms. The molecule has 2 amide bonds. The van der Waals surface area contributed by atoms with Crippen molar-refractivity contribution in [3.63, 3.8) is 0 Å². The summed E-state index contributed by atoms with van der Waals surface area (Å²) < 4.78 is 7.49. The van der Waals surface area contributed by atoms with Crippen molar-refractivity contribution in [1.29, 1.82) is 0 Å². The second-order valence-corrected chi connectivity index (χ2v) is 7.83. The lowest BCUT2D eigenvalue weighted by Gasteiger charge is -2.05. The average Bonchev–Trinajstić information content (AvgIpc) is 3.37.